The Morgan fingerprint density at radius 3 is 2.71 bits per heavy atom. The van der Waals surface area contributed by atoms with Crippen LogP contribution in [-0.4, -0.2) is 30.7 Å². The summed E-state index contributed by atoms with van der Waals surface area (Å²) in [6.45, 7) is 8.16. The number of aldehydes is 1. The van der Waals surface area contributed by atoms with Crippen molar-refractivity contribution >= 4 is 14.4 Å². The van der Waals surface area contributed by atoms with Gasteiger partial charge in [0.05, 0.1) is 5.69 Å². The molecule has 0 fully saturated rings. The lowest BCUT2D eigenvalue weighted by atomic mass is 10.1. The third-order valence-corrected chi connectivity index (χ3v) is 4.99. The highest BCUT2D eigenvalue weighted by Gasteiger charge is 2.13. The Morgan fingerprint density at radius 2 is 2.00 bits per heavy atom. The number of ether oxygens (including phenoxy) is 1. The van der Waals surface area contributed by atoms with E-state index in [0.717, 1.165) is 30.2 Å². The smallest absolute Gasteiger partial charge is 0.150 e. The van der Waals surface area contributed by atoms with E-state index in [0.29, 0.717) is 12.3 Å². The Morgan fingerprint density at radius 1 is 1.24 bits per heavy atom. The molecule has 0 N–H and O–H groups in total. The SMILES string of the molecule is C[Si](C)(C)CCOCn1nccc1-c1ccccc1C=O. The fourth-order valence-corrected chi connectivity index (χ4v) is 2.78. The highest BCUT2D eigenvalue weighted by atomic mass is 28.3. The van der Waals surface area contributed by atoms with Gasteiger partial charge in [-0.1, -0.05) is 43.9 Å². The molecule has 0 aliphatic rings. The molecule has 0 saturated heterocycles. The fourth-order valence-electron chi connectivity index (χ4n) is 2.03. The molecule has 0 saturated carbocycles. The second-order valence-corrected chi connectivity index (χ2v) is 11.9. The van der Waals surface area contributed by atoms with Crippen molar-refractivity contribution in [1.82, 2.24) is 9.78 Å². The van der Waals surface area contributed by atoms with Crippen LogP contribution in [0.3, 0.4) is 0 Å². The van der Waals surface area contributed by atoms with E-state index < -0.39 is 8.07 Å². The first kappa shape index (κ1) is 15.7. The second kappa shape index (κ2) is 6.82. The molecule has 0 atom stereocenters. The zero-order valence-electron chi connectivity index (χ0n) is 12.9. The van der Waals surface area contributed by atoms with Crippen LogP contribution in [0.25, 0.3) is 11.3 Å². The molecule has 5 heteroatoms. The maximum atomic E-state index is 11.1. The largest absolute Gasteiger partial charge is 0.360 e. The van der Waals surface area contributed by atoms with Crippen LogP contribution in [0.5, 0.6) is 0 Å². The van der Waals surface area contributed by atoms with E-state index in [1.165, 1.54) is 0 Å². The maximum absolute atomic E-state index is 11.1. The molecule has 0 amide bonds. The lowest BCUT2D eigenvalue weighted by molar-refractivity contribution is 0.0797. The van der Waals surface area contributed by atoms with Crippen LogP contribution >= 0.6 is 0 Å². The summed E-state index contributed by atoms with van der Waals surface area (Å²) >= 11 is 0. The minimum atomic E-state index is -1.07. The average molecular weight is 302 g/mol. The highest BCUT2D eigenvalue weighted by molar-refractivity contribution is 6.76. The van der Waals surface area contributed by atoms with Crippen molar-refractivity contribution in [3.05, 3.63) is 42.1 Å². The molecule has 4 nitrogen and oxygen atoms in total. The van der Waals surface area contributed by atoms with Crippen molar-refractivity contribution in [2.45, 2.75) is 32.4 Å². The summed E-state index contributed by atoms with van der Waals surface area (Å²) in [6.07, 6.45) is 2.61. The molecule has 0 spiro atoms. The van der Waals surface area contributed by atoms with Gasteiger partial charge in [0.25, 0.3) is 0 Å². The minimum absolute atomic E-state index is 0.417. The molecule has 112 valence electrons. The third-order valence-electron chi connectivity index (χ3n) is 3.29. The van der Waals surface area contributed by atoms with Gasteiger partial charge in [0.2, 0.25) is 0 Å². The number of hydrogen-bond donors (Lipinski definition) is 0. The fraction of sp³-hybridized carbons (Fsp3) is 0.375. The first-order valence-corrected chi connectivity index (χ1v) is 10.9. The quantitative estimate of drug-likeness (QED) is 0.445. The average Bonchev–Trinajstić information content (AvgIpc) is 2.90. The van der Waals surface area contributed by atoms with Crippen molar-refractivity contribution in [3.8, 4) is 11.3 Å². The summed E-state index contributed by atoms with van der Waals surface area (Å²) < 4.78 is 7.53. The van der Waals surface area contributed by atoms with Crippen LogP contribution in [0.15, 0.2) is 36.5 Å². The minimum Gasteiger partial charge on any atom is -0.360 e. The molecular weight excluding hydrogens is 280 g/mol. The van der Waals surface area contributed by atoms with Gasteiger partial charge in [-0.25, -0.2) is 4.68 Å². The van der Waals surface area contributed by atoms with Crippen molar-refractivity contribution in [2.24, 2.45) is 0 Å². The molecule has 0 radical (unpaired) electrons. The van der Waals surface area contributed by atoms with E-state index in [9.17, 15) is 4.79 Å². The highest BCUT2D eigenvalue weighted by Crippen LogP contribution is 2.22. The summed E-state index contributed by atoms with van der Waals surface area (Å²) in [5.74, 6) is 0. The molecule has 1 heterocycles. The summed E-state index contributed by atoms with van der Waals surface area (Å²) in [4.78, 5) is 11.1. The maximum Gasteiger partial charge on any atom is 0.150 e. The van der Waals surface area contributed by atoms with E-state index in [1.54, 1.807) is 10.9 Å². The number of carbonyl (C=O) groups is 1. The molecule has 0 aliphatic heterocycles. The Hall–Kier alpha value is -1.72. The molecule has 21 heavy (non-hydrogen) atoms. The van der Waals surface area contributed by atoms with Crippen molar-refractivity contribution in [3.63, 3.8) is 0 Å². The van der Waals surface area contributed by atoms with Gasteiger partial charge in [0.1, 0.15) is 6.73 Å². The van der Waals surface area contributed by atoms with Gasteiger partial charge in [-0.15, -0.1) is 0 Å². The van der Waals surface area contributed by atoms with Gasteiger partial charge in [-0.3, -0.25) is 4.79 Å². The molecule has 0 aliphatic carbocycles. The molecule has 0 unspecified atom stereocenters. The van der Waals surface area contributed by atoms with Gasteiger partial charge in [0.15, 0.2) is 6.29 Å². The van der Waals surface area contributed by atoms with Crippen LogP contribution < -0.4 is 0 Å². The monoisotopic (exact) mass is 302 g/mol. The Kier molecular flexibility index (Phi) is 5.09. The van der Waals surface area contributed by atoms with Crippen LogP contribution in [0, 0.1) is 0 Å². The van der Waals surface area contributed by atoms with E-state index in [-0.39, 0.29) is 0 Å². The standard InChI is InChI=1S/C16H22N2O2Si/c1-21(2,3)11-10-20-13-18-16(8-9-17-18)15-7-5-4-6-14(15)12-19/h4-9,12H,10-11,13H2,1-3H3. The van der Waals surface area contributed by atoms with Crippen molar-refractivity contribution in [2.75, 3.05) is 6.61 Å². The Balaban J connectivity index is 2.07. The van der Waals surface area contributed by atoms with Crippen LogP contribution in [0.4, 0.5) is 0 Å². The molecule has 1 aromatic heterocycles. The first-order chi connectivity index (χ1) is 10.0. The Bertz CT molecular complexity index is 602. The van der Waals surface area contributed by atoms with Gasteiger partial charge >= 0.3 is 0 Å². The van der Waals surface area contributed by atoms with Crippen molar-refractivity contribution in [1.29, 1.82) is 0 Å². The molecule has 0 bridgehead atoms. The number of rotatable bonds is 7. The Labute approximate surface area is 126 Å². The number of carbonyl (C=O) groups excluding carboxylic acids is 1. The zero-order valence-corrected chi connectivity index (χ0v) is 13.9. The first-order valence-electron chi connectivity index (χ1n) is 7.15. The normalized spacial score (nSPS) is 11.6. The summed E-state index contributed by atoms with van der Waals surface area (Å²) in [7, 11) is -1.07. The van der Waals surface area contributed by atoms with Crippen LogP contribution in [-0.2, 0) is 11.5 Å². The van der Waals surface area contributed by atoms with E-state index in [2.05, 4.69) is 24.7 Å². The van der Waals surface area contributed by atoms with Crippen LogP contribution in [0.1, 0.15) is 10.4 Å². The topological polar surface area (TPSA) is 44.1 Å². The van der Waals surface area contributed by atoms with Gasteiger partial charge < -0.3 is 4.74 Å². The van der Waals surface area contributed by atoms with E-state index in [4.69, 9.17) is 4.74 Å². The molecule has 2 rings (SSSR count). The van der Waals surface area contributed by atoms with Gasteiger partial charge in [0, 0.05) is 32.0 Å². The molecule has 1 aromatic carbocycles. The molecule has 2 aromatic rings. The number of aromatic nitrogens is 2. The lowest BCUT2D eigenvalue weighted by Gasteiger charge is -2.16. The summed E-state index contributed by atoms with van der Waals surface area (Å²) in [5.41, 5.74) is 2.46. The van der Waals surface area contributed by atoms with Crippen molar-refractivity contribution < 1.29 is 9.53 Å². The number of nitrogens with zero attached hydrogens (tertiary/aromatic N) is 2. The summed E-state index contributed by atoms with van der Waals surface area (Å²) in [5, 5.41) is 4.29. The van der Waals surface area contributed by atoms with Gasteiger partial charge in [-0.05, 0) is 12.1 Å². The number of hydrogen-bond acceptors (Lipinski definition) is 3. The summed E-state index contributed by atoms with van der Waals surface area (Å²) in [6, 6.07) is 10.6. The second-order valence-electron chi connectivity index (χ2n) is 6.27. The molecular formula is C16H22N2O2Si. The van der Waals surface area contributed by atoms with E-state index >= 15 is 0 Å². The van der Waals surface area contributed by atoms with Gasteiger partial charge in [-0.2, -0.15) is 5.10 Å². The van der Waals surface area contributed by atoms with E-state index in [1.807, 2.05) is 30.3 Å². The predicted molar refractivity (Wildman–Crippen MR) is 87.2 cm³/mol. The number of benzene rings is 1. The third kappa shape index (κ3) is 4.37. The lowest BCUT2D eigenvalue weighted by Crippen LogP contribution is -2.22. The van der Waals surface area contributed by atoms with Crippen LogP contribution in [0.2, 0.25) is 25.7 Å². The predicted octanol–water partition coefficient (Wildman–Crippen LogP) is 3.67. The zero-order chi connectivity index (χ0) is 15.3.